The summed E-state index contributed by atoms with van der Waals surface area (Å²) < 4.78 is 10.7. The first-order chi connectivity index (χ1) is 14.7. The average Bonchev–Trinajstić information content (AvgIpc) is 2.79. The van der Waals surface area contributed by atoms with Crippen LogP contribution in [0.15, 0.2) is 42.5 Å². The number of piperazine rings is 1. The van der Waals surface area contributed by atoms with Gasteiger partial charge < -0.3 is 14.4 Å². The van der Waals surface area contributed by atoms with Crippen molar-refractivity contribution in [1.82, 2.24) is 9.80 Å². The molecule has 30 heavy (non-hydrogen) atoms. The molecule has 2 aliphatic rings. The zero-order chi connectivity index (χ0) is 20.9. The molecular weight excluding hydrogens is 378 g/mol. The molecule has 0 unspecified atom stereocenters. The minimum Gasteiger partial charge on any atom is -0.493 e. The van der Waals surface area contributed by atoms with Crippen LogP contribution in [0, 0.1) is 0 Å². The summed E-state index contributed by atoms with van der Waals surface area (Å²) in [6, 6.07) is 14.4. The van der Waals surface area contributed by atoms with Crippen LogP contribution in [0.1, 0.15) is 17.5 Å². The van der Waals surface area contributed by atoms with Gasteiger partial charge in [0.15, 0.2) is 11.5 Å². The predicted octanol–water partition coefficient (Wildman–Crippen LogP) is 2.80. The van der Waals surface area contributed by atoms with Gasteiger partial charge in [-0.1, -0.05) is 24.3 Å². The molecule has 0 aromatic heterocycles. The number of ether oxygens (including phenoxy) is 2. The Labute approximate surface area is 179 Å². The van der Waals surface area contributed by atoms with E-state index in [1.54, 1.807) is 14.2 Å². The van der Waals surface area contributed by atoms with Gasteiger partial charge in [0.1, 0.15) is 0 Å². The molecule has 0 saturated carbocycles. The van der Waals surface area contributed by atoms with Crippen LogP contribution < -0.4 is 14.4 Å². The first-order valence-corrected chi connectivity index (χ1v) is 10.7. The zero-order valence-electron chi connectivity index (χ0n) is 18.0. The Kier molecular flexibility index (Phi) is 6.55. The first-order valence-electron chi connectivity index (χ1n) is 10.7. The number of nitrogens with zero attached hydrogens (tertiary/aromatic N) is 3. The maximum atomic E-state index is 13.0. The van der Waals surface area contributed by atoms with Crippen LogP contribution in [0.4, 0.5) is 5.69 Å². The summed E-state index contributed by atoms with van der Waals surface area (Å²) in [4.78, 5) is 19.7. The largest absolute Gasteiger partial charge is 0.493 e. The third-order valence-electron chi connectivity index (χ3n) is 6.09. The van der Waals surface area contributed by atoms with Gasteiger partial charge in [0.25, 0.3) is 0 Å². The number of carbonyl (C=O) groups is 1. The lowest BCUT2D eigenvalue weighted by molar-refractivity contribution is -0.120. The van der Waals surface area contributed by atoms with Crippen molar-refractivity contribution in [1.29, 1.82) is 0 Å². The molecule has 2 aliphatic heterocycles. The van der Waals surface area contributed by atoms with Gasteiger partial charge in [-0.25, -0.2) is 0 Å². The molecule has 6 heteroatoms. The minimum absolute atomic E-state index is 0.218. The Morgan fingerprint density at radius 1 is 0.900 bits per heavy atom. The molecule has 0 aliphatic carbocycles. The Hall–Kier alpha value is -2.57. The van der Waals surface area contributed by atoms with Gasteiger partial charge in [-0.3, -0.25) is 14.6 Å². The summed E-state index contributed by atoms with van der Waals surface area (Å²) in [7, 11) is 3.32. The van der Waals surface area contributed by atoms with Crippen LogP contribution in [0.5, 0.6) is 11.5 Å². The number of anilines is 1. The maximum absolute atomic E-state index is 13.0. The molecule has 0 N–H and O–H groups in total. The molecule has 0 bridgehead atoms. The minimum atomic E-state index is 0.218. The summed E-state index contributed by atoms with van der Waals surface area (Å²) in [5.41, 5.74) is 3.60. The highest BCUT2D eigenvalue weighted by atomic mass is 16.5. The fourth-order valence-corrected chi connectivity index (χ4v) is 4.41. The van der Waals surface area contributed by atoms with E-state index in [2.05, 4.69) is 34.1 Å². The molecule has 0 spiro atoms. The molecule has 2 aromatic carbocycles. The van der Waals surface area contributed by atoms with Crippen LogP contribution in [0.25, 0.3) is 0 Å². The van der Waals surface area contributed by atoms with Crippen molar-refractivity contribution in [3.63, 3.8) is 0 Å². The number of fused-ring (bicyclic) bond motifs is 1. The van der Waals surface area contributed by atoms with Gasteiger partial charge in [-0.15, -0.1) is 0 Å². The van der Waals surface area contributed by atoms with Gasteiger partial charge >= 0.3 is 0 Å². The maximum Gasteiger partial charge on any atom is 0.241 e. The van der Waals surface area contributed by atoms with Crippen molar-refractivity contribution in [3.8, 4) is 11.5 Å². The summed E-state index contributed by atoms with van der Waals surface area (Å²) in [5, 5.41) is 0. The second kappa shape index (κ2) is 9.49. The number of hydrogen-bond donors (Lipinski definition) is 0. The third-order valence-corrected chi connectivity index (χ3v) is 6.09. The van der Waals surface area contributed by atoms with E-state index in [0.717, 1.165) is 69.3 Å². The number of methoxy groups -OCH3 is 2. The van der Waals surface area contributed by atoms with Gasteiger partial charge in [0.05, 0.1) is 20.8 Å². The van der Waals surface area contributed by atoms with Crippen LogP contribution >= 0.6 is 0 Å². The molecule has 1 fully saturated rings. The van der Waals surface area contributed by atoms with Crippen molar-refractivity contribution < 1.29 is 14.3 Å². The summed E-state index contributed by atoms with van der Waals surface area (Å²) in [6.07, 6.45) is 2.11. The highest BCUT2D eigenvalue weighted by Crippen LogP contribution is 2.29. The number of benzene rings is 2. The first kappa shape index (κ1) is 20.7. The average molecular weight is 410 g/mol. The molecule has 2 heterocycles. The number of carbonyl (C=O) groups excluding carboxylic acids is 1. The van der Waals surface area contributed by atoms with E-state index in [1.165, 1.54) is 11.1 Å². The van der Waals surface area contributed by atoms with Gasteiger partial charge in [-0.2, -0.15) is 0 Å². The lowest BCUT2D eigenvalue weighted by atomic mass is 10.0. The van der Waals surface area contributed by atoms with Crippen LogP contribution in [0.2, 0.25) is 0 Å². The van der Waals surface area contributed by atoms with E-state index in [4.69, 9.17) is 9.47 Å². The summed E-state index contributed by atoms with van der Waals surface area (Å²) in [6.45, 7) is 5.94. The Morgan fingerprint density at radius 3 is 2.40 bits per heavy atom. The topological polar surface area (TPSA) is 45.2 Å². The molecule has 1 saturated heterocycles. The fourth-order valence-electron chi connectivity index (χ4n) is 4.41. The fraction of sp³-hybridized carbons (Fsp3) is 0.458. The Bertz CT molecular complexity index is 878. The van der Waals surface area contributed by atoms with Crippen molar-refractivity contribution in [2.75, 3.05) is 58.4 Å². The molecule has 0 radical (unpaired) electrons. The third kappa shape index (κ3) is 4.60. The highest BCUT2D eigenvalue weighted by Gasteiger charge is 2.25. The van der Waals surface area contributed by atoms with E-state index in [0.29, 0.717) is 6.54 Å². The monoisotopic (exact) mass is 409 g/mol. The van der Waals surface area contributed by atoms with Gasteiger partial charge in [0.2, 0.25) is 5.91 Å². The van der Waals surface area contributed by atoms with Crippen LogP contribution in [-0.4, -0.2) is 69.2 Å². The molecule has 6 nitrogen and oxygen atoms in total. The number of amides is 1. The van der Waals surface area contributed by atoms with Crippen molar-refractivity contribution in [2.24, 2.45) is 0 Å². The van der Waals surface area contributed by atoms with E-state index < -0.39 is 0 Å². The smallest absolute Gasteiger partial charge is 0.241 e. The molecule has 2 aromatic rings. The number of rotatable bonds is 6. The molecule has 1 amide bonds. The van der Waals surface area contributed by atoms with Gasteiger partial charge in [-0.05, 0) is 42.2 Å². The second-order valence-electron chi connectivity index (χ2n) is 8.02. The normalized spacial score (nSPS) is 17.5. The van der Waals surface area contributed by atoms with Crippen molar-refractivity contribution >= 4 is 11.6 Å². The quantitative estimate of drug-likeness (QED) is 0.734. The lowest BCUT2D eigenvalue weighted by Crippen LogP contribution is -2.50. The van der Waals surface area contributed by atoms with Crippen molar-refractivity contribution in [2.45, 2.75) is 19.4 Å². The SMILES string of the molecule is COc1ccc(CN2CCN(CC(=O)N3CCCc4ccccc43)CC2)cc1OC. The molecule has 0 atom stereocenters. The molecule has 160 valence electrons. The zero-order valence-corrected chi connectivity index (χ0v) is 18.0. The van der Waals surface area contributed by atoms with E-state index >= 15 is 0 Å². The number of hydrogen-bond acceptors (Lipinski definition) is 5. The second-order valence-corrected chi connectivity index (χ2v) is 8.02. The highest BCUT2D eigenvalue weighted by molar-refractivity contribution is 5.95. The standard InChI is InChI=1S/C24H31N3O3/c1-29-22-10-9-19(16-23(22)30-2)17-25-12-14-26(15-13-25)18-24(28)27-11-5-7-20-6-3-4-8-21(20)27/h3-4,6,8-10,16H,5,7,11-15,17-18H2,1-2H3. The van der Waals surface area contributed by atoms with E-state index in [1.807, 2.05) is 23.1 Å². The summed E-state index contributed by atoms with van der Waals surface area (Å²) >= 11 is 0. The van der Waals surface area contributed by atoms with E-state index in [9.17, 15) is 4.79 Å². The summed E-state index contributed by atoms with van der Waals surface area (Å²) in [5.74, 6) is 1.74. The van der Waals surface area contributed by atoms with Crippen molar-refractivity contribution in [3.05, 3.63) is 53.6 Å². The Balaban J connectivity index is 1.30. The number of para-hydroxylation sites is 1. The Morgan fingerprint density at radius 2 is 1.63 bits per heavy atom. The van der Waals surface area contributed by atoms with Crippen LogP contribution in [-0.2, 0) is 17.8 Å². The molecular formula is C24H31N3O3. The van der Waals surface area contributed by atoms with Crippen LogP contribution in [0.3, 0.4) is 0 Å². The van der Waals surface area contributed by atoms with Gasteiger partial charge in [0, 0.05) is 45.0 Å². The predicted molar refractivity (Wildman–Crippen MR) is 118 cm³/mol. The van der Waals surface area contributed by atoms with E-state index in [-0.39, 0.29) is 5.91 Å². The molecule has 4 rings (SSSR count). The lowest BCUT2D eigenvalue weighted by Gasteiger charge is -2.36. The number of aryl methyl sites for hydroxylation is 1.